The van der Waals surface area contributed by atoms with Gasteiger partial charge in [0.25, 0.3) is 0 Å². The molecule has 17 heavy (non-hydrogen) atoms. The van der Waals surface area contributed by atoms with Crippen molar-refractivity contribution in [3.05, 3.63) is 46.1 Å². The molecule has 0 atom stereocenters. The fourth-order valence-electron chi connectivity index (χ4n) is 1.37. The molecular formula is C12H10BrFN2O. The number of rotatable bonds is 2. The Bertz CT molecular complexity index is 540. The molecule has 3 nitrogen and oxygen atoms in total. The SMILES string of the molecule is Cc1nc(Br)cc(Oc2cccc(C)c2F)n1. The zero-order valence-electron chi connectivity index (χ0n) is 9.37. The van der Waals surface area contributed by atoms with Crippen molar-refractivity contribution in [2.45, 2.75) is 13.8 Å². The zero-order chi connectivity index (χ0) is 12.4. The third-order valence-corrected chi connectivity index (χ3v) is 2.56. The Labute approximate surface area is 107 Å². The molecule has 0 saturated carbocycles. The lowest BCUT2D eigenvalue weighted by Crippen LogP contribution is -1.96. The highest BCUT2D eigenvalue weighted by molar-refractivity contribution is 9.10. The van der Waals surface area contributed by atoms with Crippen LogP contribution < -0.4 is 4.74 Å². The molecule has 0 aliphatic rings. The first-order valence-electron chi connectivity index (χ1n) is 5.00. The van der Waals surface area contributed by atoms with Gasteiger partial charge in [0, 0.05) is 6.07 Å². The topological polar surface area (TPSA) is 35.0 Å². The fourth-order valence-corrected chi connectivity index (χ4v) is 1.82. The van der Waals surface area contributed by atoms with Crippen LogP contribution in [0.15, 0.2) is 28.9 Å². The second kappa shape index (κ2) is 4.79. The number of halogens is 2. The number of nitrogens with zero attached hydrogens (tertiary/aromatic N) is 2. The van der Waals surface area contributed by atoms with Gasteiger partial charge in [-0.15, -0.1) is 0 Å². The van der Waals surface area contributed by atoms with Gasteiger partial charge in [-0.3, -0.25) is 0 Å². The Morgan fingerprint density at radius 3 is 2.71 bits per heavy atom. The van der Waals surface area contributed by atoms with E-state index in [1.54, 1.807) is 38.1 Å². The molecule has 2 rings (SSSR count). The molecule has 0 aliphatic heterocycles. The number of aromatic nitrogens is 2. The van der Waals surface area contributed by atoms with Crippen LogP contribution in [-0.4, -0.2) is 9.97 Å². The molecule has 5 heteroatoms. The van der Waals surface area contributed by atoms with Gasteiger partial charge < -0.3 is 4.74 Å². The Morgan fingerprint density at radius 2 is 2.00 bits per heavy atom. The van der Waals surface area contributed by atoms with Gasteiger partial charge >= 0.3 is 0 Å². The van der Waals surface area contributed by atoms with Crippen molar-refractivity contribution in [2.75, 3.05) is 0 Å². The molecule has 0 saturated heterocycles. The van der Waals surface area contributed by atoms with Gasteiger partial charge in [0.15, 0.2) is 11.6 Å². The summed E-state index contributed by atoms with van der Waals surface area (Å²) in [5.74, 6) is 0.659. The molecule has 0 fully saturated rings. The minimum Gasteiger partial charge on any atom is -0.436 e. The van der Waals surface area contributed by atoms with E-state index >= 15 is 0 Å². The molecule has 0 unspecified atom stereocenters. The largest absolute Gasteiger partial charge is 0.436 e. The van der Waals surface area contributed by atoms with Crippen molar-refractivity contribution < 1.29 is 9.13 Å². The Hall–Kier alpha value is -1.49. The molecule has 0 spiro atoms. The van der Waals surface area contributed by atoms with E-state index in [9.17, 15) is 4.39 Å². The maximum Gasteiger partial charge on any atom is 0.223 e. The highest BCUT2D eigenvalue weighted by Gasteiger charge is 2.08. The van der Waals surface area contributed by atoms with E-state index in [0.717, 1.165) is 0 Å². The molecule has 0 aliphatic carbocycles. The molecule has 88 valence electrons. The summed E-state index contributed by atoms with van der Waals surface area (Å²) in [5.41, 5.74) is 0.535. The molecule has 1 heterocycles. The summed E-state index contributed by atoms with van der Waals surface area (Å²) in [6.07, 6.45) is 0. The van der Waals surface area contributed by atoms with E-state index in [1.807, 2.05) is 0 Å². The summed E-state index contributed by atoms with van der Waals surface area (Å²) in [4.78, 5) is 8.12. The summed E-state index contributed by atoms with van der Waals surface area (Å²) in [6.45, 7) is 3.42. The van der Waals surface area contributed by atoms with Gasteiger partial charge in [0.05, 0.1) is 0 Å². The number of ether oxygens (including phenoxy) is 1. The molecular weight excluding hydrogens is 287 g/mol. The van der Waals surface area contributed by atoms with Crippen LogP contribution in [0.1, 0.15) is 11.4 Å². The summed E-state index contributed by atoms with van der Waals surface area (Å²) in [6, 6.07) is 6.57. The molecule has 0 amide bonds. The van der Waals surface area contributed by atoms with E-state index in [4.69, 9.17) is 4.74 Å². The van der Waals surface area contributed by atoms with Crippen molar-refractivity contribution in [3.8, 4) is 11.6 Å². The van der Waals surface area contributed by atoms with E-state index in [2.05, 4.69) is 25.9 Å². The van der Waals surface area contributed by atoms with Gasteiger partial charge in [-0.25, -0.2) is 9.37 Å². The monoisotopic (exact) mass is 296 g/mol. The summed E-state index contributed by atoms with van der Waals surface area (Å²) in [7, 11) is 0. The fraction of sp³-hybridized carbons (Fsp3) is 0.167. The standard InChI is InChI=1S/C12H10BrFN2O/c1-7-4-3-5-9(12(7)14)17-11-6-10(13)15-8(2)16-11/h3-6H,1-2H3. The van der Waals surface area contributed by atoms with E-state index in [1.165, 1.54) is 0 Å². The lowest BCUT2D eigenvalue weighted by Gasteiger charge is -2.07. The van der Waals surface area contributed by atoms with Crippen LogP contribution in [0.3, 0.4) is 0 Å². The lowest BCUT2D eigenvalue weighted by molar-refractivity contribution is 0.423. The van der Waals surface area contributed by atoms with Gasteiger partial charge in [0.1, 0.15) is 10.4 Å². The van der Waals surface area contributed by atoms with Crippen molar-refractivity contribution in [1.82, 2.24) is 9.97 Å². The van der Waals surface area contributed by atoms with E-state index in [0.29, 0.717) is 21.9 Å². The predicted molar refractivity (Wildman–Crippen MR) is 65.7 cm³/mol. The smallest absolute Gasteiger partial charge is 0.223 e. The molecule has 2 aromatic rings. The Kier molecular flexibility index (Phi) is 3.38. The third-order valence-electron chi connectivity index (χ3n) is 2.15. The average Bonchev–Trinajstić information content (AvgIpc) is 2.23. The van der Waals surface area contributed by atoms with Crippen molar-refractivity contribution in [2.24, 2.45) is 0 Å². The van der Waals surface area contributed by atoms with Crippen LogP contribution in [0, 0.1) is 19.7 Å². The first-order valence-corrected chi connectivity index (χ1v) is 5.80. The number of benzene rings is 1. The van der Waals surface area contributed by atoms with Crippen LogP contribution in [0.5, 0.6) is 11.6 Å². The highest BCUT2D eigenvalue weighted by atomic mass is 79.9. The number of aryl methyl sites for hydroxylation is 2. The summed E-state index contributed by atoms with van der Waals surface area (Å²) in [5, 5.41) is 0. The van der Waals surface area contributed by atoms with Crippen LogP contribution in [0.2, 0.25) is 0 Å². The second-order valence-electron chi connectivity index (χ2n) is 3.57. The zero-order valence-corrected chi connectivity index (χ0v) is 11.0. The lowest BCUT2D eigenvalue weighted by atomic mass is 10.2. The van der Waals surface area contributed by atoms with E-state index in [-0.39, 0.29) is 11.6 Å². The third kappa shape index (κ3) is 2.79. The predicted octanol–water partition coefficient (Wildman–Crippen LogP) is 3.79. The van der Waals surface area contributed by atoms with Crippen molar-refractivity contribution >= 4 is 15.9 Å². The molecule has 0 N–H and O–H groups in total. The van der Waals surface area contributed by atoms with Crippen LogP contribution in [0.4, 0.5) is 4.39 Å². The molecule has 1 aromatic heterocycles. The van der Waals surface area contributed by atoms with Gasteiger partial charge in [-0.2, -0.15) is 4.98 Å². The van der Waals surface area contributed by atoms with Crippen LogP contribution in [-0.2, 0) is 0 Å². The second-order valence-corrected chi connectivity index (χ2v) is 4.38. The minimum absolute atomic E-state index is 0.162. The van der Waals surface area contributed by atoms with Gasteiger partial charge in [0.2, 0.25) is 5.88 Å². The minimum atomic E-state index is -0.375. The molecule has 0 bridgehead atoms. The average molecular weight is 297 g/mol. The van der Waals surface area contributed by atoms with Crippen molar-refractivity contribution in [1.29, 1.82) is 0 Å². The Morgan fingerprint density at radius 1 is 1.24 bits per heavy atom. The highest BCUT2D eigenvalue weighted by Crippen LogP contribution is 2.26. The number of hydrogen-bond donors (Lipinski definition) is 0. The van der Waals surface area contributed by atoms with Crippen LogP contribution in [0.25, 0.3) is 0 Å². The maximum atomic E-state index is 13.7. The normalized spacial score (nSPS) is 10.4. The first-order chi connectivity index (χ1) is 8.06. The number of hydrogen-bond acceptors (Lipinski definition) is 3. The summed E-state index contributed by atoms with van der Waals surface area (Å²) < 4.78 is 19.7. The summed E-state index contributed by atoms with van der Waals surface area (Å²) >= 11 is 3.23. The maximum absolute atomic E-state index is 13.7. The quantitative estimate of drug-likeness (QED) is 0.791. The van der Waals surface area contributed by atoms with E-state index < -0.39 is 0 Å². The Balaban J connectivity index is 2.34. The van der Waals surface area contributed by atoms with Gasteiger partial charge in [-0.05, 0) is 41.4 Å². The van der Waals surface area contributed by atoms with Gasteiger partial charge in [-0.1, -0.05) is 12.1 Å². The molecule has 1 aromatic carbocycles. The van der Waals surface area contributed by atoms with Crippen LogP contribution >= 0.6 is 15.9 Å². The molecule has 0 radical (unpaired) electrons. The van der Waals surface area contributed by atoms with Crippen molar-refractivity contribution in [3.63, 3.8) is 0 Å². The first kappa shape index (κ1) is 12.0.